The molecule has 1 amide bonds. The van der Waals surface area contributed by atoms with Gasteiger partial charge in [-0.15, -0.1) is 0 Å². The van der Waals surface area contributed by atoms with Crippen LogP contribution >= 0.6 is 11.6 Å². The number of halogens is 1. The quantitative estimate of drug-likeness (QED) is 0.772. The Morgan fingerprint density at radius 1 is 1.17 bits per heavy atom. The first kappa shape index (κ1) is 21.2. The second-order valence-electron chi connectivity index (χ2n) is 8.40. The molecule has 2 heterocycles. The first-order valence-electron chi connectivity index (χ1n) is 9.84. The smallest absolute Gasteiger partial charge is 0.223 e. The van der Waals surface area contributed by atoms with Crippen LogP contribution in [0.3, 0.4) is 0 Å². The van der Waals surface area contributed by atoms with Gasteiger partial charge in [-0.3, -0.25) is 4.79 Å². The SMILES string of the molecule is Cc1cc(S(=O)(=O)c2ccc3c(c2)[C@@H](N2CCCC2=O)[C@H](O)C(C)(C)O3)ccc1Cl. The van der Waals surface area contributed by atoms with Crippen LogP contribution in [0, 0.1) is 6.92 Å². The van der Waals surface area contributed by atoms with Crippen molar-refractivity contribution < 1.29 is 23.1 Å². The number of carbonyl (C=O) groups excluding carboxylic acids is 1. The van der Waals surface area contributed by atoms with Gasteiger partial charge in [0.05, 0.1) is 15.8 Å². The number of ether oxygens (including phenoxy) is 1. The van der Waals surface area contributed by atoms with Crippen molar-refractivity contribution in [3.05, 3.63) is 52.5 Å². The van der Waals surface area contributed by atoms with Crippen LogP contribution in [0.15, 0.2) is 46.2 Å². The topological polar surface area (TPSA) is 83.9 Å². The second kappa shape index (κ2) is 7.25. The molecule has 2 aromatic carbocycles. The molecule has 160 valence electrons. The Morgan fingerprint density at radius 2 is 1.83 bits per heavy atom. The molecule has 1 saturated heterocycles. The van der Waals surface area contributed by atoms with Crippen LogP contribution in [0.25, 0.3) is 0 Å². The number of aliphatic hydroxyl groups is 1. The van der Waals surface area contributed by atoms with Crippen molar-refractivity contribution in [1.29, 1.82) is 0 Å². The minimum absolute atomic E-state index is 0.0516. The number of rotatable bonds is 3. The lowest BCUT2D eigenvalue weighted by atomic mass is 9.85. The van der Waals surface area contributed by atoms with Crippen molar-refractivity contribution in [2.24, 2.45) is 0 Å². The minimum atomic E-state index is -3.82. The van der Waals surface area contributed by atoms with Crippen molar-refractivity contribution in [3.63, 3.8) is 0 Å². The maximum absolute atomic E-state index is 13.3. The van der Waals surface area contributed by atoms with E-state index in [1.54, 1.807) is 37.8 Å². The molecule has 0 spiro atoms. The standard InChI is InChI=1S/C22H24ClNO5S/c1-13-11-14(6-8-17(13)23)30(27,28)15-7-9-18-16(12-15)20(21(26)22(2,3)29-18)24-10-4-5-19(24)25/h6-9,11-12,20-21,26H,4-5,10H2,1-3H3/t20-,21+/m1/s1. The Labute approximate surface area is 181 Å². The van der Waals surface area contributed by atoms with Crippen LogP contribution in [0.5, 0.6) is 5.75 Å². The van der Waals surface area contributed by atoms with E-state index in [1.807, 2.05) is 0 Å². The number of aliphatic hydroxyl groups excluding tert-OH is 1. The molecule has 0 saturated carbocycles. The number of hydrogen-bond donors (Lipinski definition) is 1. The molecule has 30 heavy (non-hydrogen) atoms. The third kappa shape index (κ3) is 3.39. The van der Waals surface area contributed by atoms with Crippen molar-refractivity contribution in [2.45, 2.75) is 61.2 Å². The lowest BCUT2D eigenvalue weighted by Crippen LogP contribution is -2.53. The average Bonchev–Trinajstić information content (AvgIpc) is 3.10. The molecule has 1 fully saturated rings. The van der Waals surface area contributed by atoms with Gasteiger partial charge in [0, 0.05) is 23.6 Å². The van der Waals surface area contributed by atoms with E-state index in [0.717, 1.165) is 0 Å². The van der Waals surface area contributed by atoms with Gasteiger partial charge in [0.2, 0.25) is 15.7 Å². The summed E-state index contributed by atoms with van der Waals surface area (Å²) >= 11 is 6.04. The molecule has 0 aliphatic carbocycles. The molecule has 2 aromatic rings. The van der Waals surface area contributed by atoms with Crippen molar-refractivity contribution in [1.82, 2.24) is 4.90 Å². The zero-order valence-electron chi connectivity index (χ0n) is 17.1. The van der Waals surface area contributed by atoms with Gasteiger partial charge in [-0.2, -0.15) is 0 Å². The zero-order valence-corrected chi connectivity index (χ0v) is 18.6. The number of fused-ring (bicyclic) bond motifs is 1. The molecule has 2 aliphatic heterocycles. The minimum Gasteiger partial charge on any atom is -0.485 e. The van der Waals surface area contributed by atoms with Crippen LogP contribution in [0.1, 0.15) is 43.9 Å². The molecule has 8 heteroatoms. The van der Waals surface area contributed by atoms with Gasteiger partial charge >= 0.3 is 0 Å². The van der Waals surface area contributed by atoms with Crippen molar-refractivity contribution >= 4 is 27.3 Å². The Balaban J connectivity index is 1.84. The van der Waals surface area contributed by atoms with E-state index in [4.69, 9.17) is 16.3 Å². The maximum atomic E-state index is 13.3. The average molecular weight is 450 g/mol. The fourth-order valence-corrected chi connectivity index (χ4v) is 5.63. The first-order valence-corrected chi connectivity index (χ1v) is 11.7. The highest BCUT2D eigenvalue weighted by Crippen LogP contribution is 2.45. The van der Waals surface area contributed by atoms with Crippen LogP contribution in [-0.2, 0) is 14.6 Å². The molecule has 6 nitrogen and oxygen atoms in total. The predicted molar refractivity (Wildman–Crippen MR) is 112 cm³/mol. The number of carbonyl (C=O) groups is 1. The summed E-state index contributed by atoms with van der Waals surface area (Å²) in [6.07, 6.45) is 0.130. The summed E-state index contributed by atoms with van der Waals surface area (Å²) in [4.78, 5) is 14.3. The van der Waals surface area contributed by atoms with E-state index >= 15 is 0 Å². The highest BCUT2D eigenvalue weighted by Gasteiger charge is 2.47. The van der Waals surface area contributed by atoms with Gasteiger partial charge in [-0.1, -0.05) is 11.6 Å². The second-order valence-corrected chi connectivity index (χ2v) is 10.8. The largest absolute Gasteiger partial charge is 0.485 e. The molecule has 0 unspecified atom stereocenters. The molecular weight excluding hydrogens is 426 g/mol. The molecule has 1 N–H and O–H groups in total. The number of benzene rings is 2. The molecule has 2 atom stereocenters. The van der Waals surface area contributed by atoms with Gasteiger partial charge in [-0.25, -0.2) is 8.42 Å². The Hall–Kier alpha value is -2.09. The number of hydrogen-bond acceptors (Lipinski definition) is 5. The molecule has 0 aromatic heterocycles. The summed E-state index contributed by atoms with van der Waals surface area (Å²) in [6.45, 7) is 5.78. The van der Waals surface area contributed by atoms with E-state index in [-0.39, 0.29) is 15.7 Å². The van der Waals surface area contributed by atoms with Gasteiger partial charge < -0.3 is 14.7 Å². The molecule has 0 bridgehead atoms. The molecule has 2 aliphatic rings. The summed E-state index contributed by atoms with van der Waals surface area (Å²) in [5, 5.41) is 11.5. The van der Waals surface area contributed by atoms with Gasteiger partial charge in [-0.05, 0) is 69.2 Å². The summed E-state index contributed by atoms with van der Waals surface area (Å²) in [6, 6.07) is 8.52. The predicted octanol–water partition coefficient (Wildman–Crippen LogP) is 3.68. The number of nitrogens with zero attached hydrogens (tertiary/aromatic N) is 1. The number of likely N-dealkylation sites (tertiary alicyclic amines) is 1. The first-order chi connectivity index (χ1) is 14.0. The summed E-state index contributed by atoms with van der Waals surface area (Å²) in [7, 11) is -3.82. The third-order valence-corrected chi connectivity index (χ3v) is 8.05. The summed E-state index contributed by atoms with van der Waals surface area (Å²) in [5.74, 6) is 0.422. The Bertz CT molecular complexity index is 1130. The lowest BCUT2D eigenvalue weighted by Gasteiger charge is -2.45. The fraction of sp³-hybridized carbons (Fsp3) is 0.409. The monoisotopic (exact) mass is 449 g/mol. The van der Waals surface area contributed by atoms with Gasteiger partial charge in [0.15, 0.2) is 0 Å². The zero-order chi connectivity index (χ0) is 21.8. The third-order valence-electron chi connectivity index (χ3n) is 5.88. The number of sulfone groups is 1. The number of amides is 1. The maximum Gasteiger partial charge on any atom is 0.223 e. The fourth-order valence-electron chi connectivity index (χ4n) is 4.13. The summed E-state index contributed by atoms with van der Waals surface area (Å²) in [5.41, 5.74) is 0.245. The van der Waals surface area contributed by atoms with E-state index in [9.17, 15) is 18.3 Å². The van der Waals surface area contributed by atoms with Crippen LogP contribution in [-0.4, -0.2) is 42.6 Å². The lowest BCUT2D eigenvalue weighted by molar-refractivity contribution is -0.139. The number of aryl methyl sites for hydroxylation is 1. The normalized spacial score (nSPS) is 23.2. The highest BCUT2D eigenvalue weighted by molar-refractivity contribution is 7.91. The van der Waals surface area contributed by atoms with E-state index < -0.39 is 27.6 Å². The van der Waals surface area contributed by atoms with Crippen molar-refractivity contribution in [3.8, 4) is 5.75 Å². The van der Waals surface area contributed by atoms with Crippen LogP contribution < -0.4 is 4.74 Å². The van der Waals surface area contributed by atoms with Gasteiger partial charge in [0.25, 0.3) is 0 Å². The Morgan fingerprint density at radius 3 is 2.47 bits per heavy atom. The molecular formula is C22H24ClNO5S. The van der Waals surface area contributed by atoms with Crippen LogP contribution in [0.4, 0.5) is 0 Å². The van der Waals surface area contributed by atoms with Crippen LogP contribution in [0.2, 0.25) is 5.02 Å². The van der Waals surface area contributed by atoms with E-state index in [2.05, 4.69) is 0 Å². The van der Waals surface area contributed by atoms with E-state index in [1.165, 1.54) is 24.3 Å². The Kier molecular flexibility index (Phi) is 5.11. The molecule has 4 rings (SSSR count). The highest BCUT2D eigenvalue weighted by atomic mass is 35.5. The van der Waals surface area contributed by atoms with E-state index in [0.29, 0.717) is 41.3 Å². The van der Waals surface area contributed by atoms with Crippen molar-refractivity contribution in [2.75, 3.05) is 6.54 Å². The van der Waals surface area contributed by atoms with Gasteiger partial charge in [0.1, 0.15) is 17.5 Å². The summed E-state index contributed by atoms with van der Waals surface area (Å²) < 4.78 is 32.5. The molecule has 0 radical (unpaired) electrons.